The van der Waals surface area contributed by atoms with Crippen molar-refractivity contribution in [2.45, 2.75) is 32.7 Å². The van der Waals surface area contributed by atoms with E-state index < -0.39 is 0 Å². The SMILES string of the molecule is CCC(Cc1ccccc1)N(CC)C(=O)C1CNC1. The molecule has 3 nitrogen and oxygen atoms in total. The number of hydrogen-bond donors (Lipinski definition) is 1. The van der Waals surface area contributed by atoms with Crippen LogP contribution in [0.15, 0.2) is 30.3 Å². The van der Waals surface area contributed by atoms with Crippen molar-refractivity contribution in [1.82, 2.24) is 10.2 Å². The molecule has 1 unspecified atom stereocenters. The second-order valence-electron chi connectivity index (χ2n) is 5.23. The maximum absolute atomic E-state index is 12.4. The van der Waals surface area contributed by atoms with Crippen molar-refractivity contribution >= 4 is 5.91 Å². The van der Waals surface area contributed by atoms with Crippen LogP contribution < -0.4 is 5.32 Å². The number of nitrogens with zero attached hydrogens (tertiary/aromatic N) is 1. The fourth-order valence-electron chi connectivity index (χ4n) is 2.65. The third-order valence-corrected chi connectivity index (χ3v) is 3.98. The average Bonchev–Trinajstić information content (AvgIpc) is 2.37. The number of carbonyl (C=O) groups is 1. The van der Waals surface area contributed by atoms with Crippen LogP contribution in [0.3, 0.4) is 0 Å². The zero-order chi connectivity index (χ0) is 13.7. The minimum Gasteiger partial charge on any atom is -0.339 e. The molecule has 19 heavy (non-hydrogen) atoms. The van der Waals surface area contributed by atoms with Crippen molar-refractivity contribution in [3.8, 4) is 0 Å². The Morgan fingerprint density at radius 1 is 1.32 bits per heavy atom. The highest BCUT2D eigenvalue weighted by molar-refractivity contribution is 5.80. The molecular formula is C16H24N2O. The lowest BCUT2D eigenvalue weighted by molar-refractivity contribution is -0.139. The molecule has 1 heterocycles. The molecule has 1 fully saturated rings. The van der Waals surface area contributed by atoms with E-state index in [2.05, 4.69) is 48.3 Å². The summed E-state index contributed by atoms with van der Waals surface area (Å²) in [5, 5.41) is 3.18. The van der Waals surface area contributed by atoms with E-state index in [0.717, 1.165) is 32.5 Å². The maximum atomic E-state index is 12.4. The standard InChI is InChI=1S/C16H24N2O/c1-3-15(10-13-8-6-5-7-9-13)18(4-2)16(19)14-11-17-12-14/h5-9,14-15,17H,3-4,10-12H2,1-2H3. The molecule has 2 rings (SSSR count). The molecule has 0 bridgehead atoms. The molecule has 1 aromatic carbocycles. The predicted molar refractivity (Wildman–Crippen MR) is 78.0 cm³/mol. The molecule has 0 spiro atoms. The fourth-order valence-corrected chi connectivity index (χ4v) is 2.65. The summed E-state index contributed by atoms with van der Waals surface area (Å²) in [6.07, 6.45) is 1.96. The highest BCUT2D eigenvalue weighted by atomic mass is 16.2. The molecule has 104 valence electrons. The van der Waals surface area contributed by atoms with Crippen molar-refractivity contribution in [3.63, 3.8) is 0 Å². The summed E-state index contributed by atoms with van der Waals surface area (Å²) in [4.78, 5) is 14.5. The molecule has 1 atom stereocenters. The van der Waals surface area contributed by atoms with Gasteiger partial charge in [0.05, 0.1) is 5.92 Å². The molecule has 1 amide bonds. The first kappa shape index (κ1) is 14.1. The molecule has 1 saturated heterocycles. The average molecular weight is 260 g/mol. The van der Waals surface area contributed by atoms with E-state index in [9.17, 15) is 4.79 Å². The van der Waals surface area contributed by atoms with E-state index in [-0.39, 0.29) is 5.92 Å². The topological polar surface area (TPSA) is 32.3 Å². The van der Waals surface area contributed by atoms with Crippen LogP contribution >= 0.6 is 0 Å². The molecule has 0 saturated carbocycles. The number of nitrogens with one attached hydrogen (secondary N) is 1. The van der Waals surface area contributed by atoms with Crippen molar-refractivity contribution in [3.05, 3.63) is 35.9 Å². The van der Waals surface area contributed by atoms with Gasteiger partial charge in [0.15, 0.2) is 0 Å². The van der Waals surface area contributed by atoms with Gasteiger partial charge in [-0.3, -0.25) is 4.79 Å². The molecule has 0 radical (unpaired) electrons. The van der Waals surface area contributed by atoms with Crippen LogP contribution in [-0.2, 0) is 11.2 Å². The van der Waals surface area contributed by atoms with Gasteiger partial charge in [-0.2, -0.15) is 0 Å². The van der Waals surface area contributed by atoms with Crippen LogP contribution in [0.4, 0.5) is 0 Å². The van der Waals surface area contributed by atoms with E-state index in [1.165, 1.54) is 5.56 Å². The Morgan fingerprint density at radius 3 is 2.47 bits per heavy atom. The van der Waals surface area contributed by atoms with Gasteiger partial charge in [0.2, 0.25) is 5.91 Å². The highest BCUT2D eigenvalue weighted by Crippen LogP contribution is 2.16. The summed E-state index contributed by atoms with van der Waals surface area (Å²) in [6.45, 7) is 6.75. The number of carbonyl (C=O) groups excluding carboxylic acids is 1. The molecule has 1 aromatic rings. The lowest BCUT2D eigenvalue weighted by Gasteiger charge is -2.36. The summed E-state index contributed by atoms with van der Waals surface area (Å²) < 4.78 is 0. The number of rotatable bonds is 6. The van der Waals surface area contributed by atoms with Gasteiger partial charge in [-0.25, -0.2) is 0 Å². The first-order chi connectivity index (χ1) is 9.26. The van der Waals surface area contributed by atoms with Crippen molar-refractivity contribution < 1.29 is 4.79 Å². The van der Waals surface area contributed by atoms with Gasteiger partial charge in [-0.1, -0.05) is 37.3 Å². The number of amides is 1. The zero-order valence-corrected chi connectivity index (χ0v) is 11.9. The Morgan fingerprint density at radius 2 is 2.00 bits per heavy atom. The smallest absolute Gasteiger partial charge is 0.228 e. The summed E-state index contributed by atoms with van der Waals surface area (Å²) in [6, 6.07) is 10.8. The van der Waals surface area contributed by atoms with Gasteiger partial charge in [-0.15, -0.1) is 0 Å². The summed E-state index contributed by atoms with van der Waals surface area (Å²) in [7, 11) is 0. The Bertz CT molecular complexity index is 400. The third kappa shape index (κ3) is 3.35. The van der Waals surface area contributed by atoms with E-state index in [1.54, 1.807) is 0 Å². The molecule has 1 N–H and O–H groups in total. The van der Waals surface area contributed by atoms with Crippen LogP contribution in [0.2, 0.25) is 0 Å². The first-order valence-corrected chi connectivity index (χ1v) is 7.31. The van der Waals surface area contributed by atoms with Crippen LogP contribution in [0, 0.1) is 5.92 Å². The van der Waals surface area contributed by atoms with Crippen LogP contribution in [0.1, 0.15) is 25.8 Å². The van der Waals surface area contributed by atoms with Crippen molar-refractivity contribution in [2.24, 2.45) is 5.92 Å². The number of benzene rings is 1. The Kier molecular flexibility index (Phi) is 4.97. The predicted octanol–water partition coefficient (Wildman–Crippen LogP) is 2.08. The van der Waals surface area contributed by atoms with E-state index in [1.807, 2.05) is 6.07 Å². The summed E-state index contributed by atoms with van der Waals surface area (Å²) in [5.74, 6) is 0.522. The summed E-state index contributed by atoms with van der Waals surface area (Å²) >= 11 is 0. The maximum Gasteiger partial charge on any atom is 0.228 e. The number of likely N-dealkylation sites (N-methyl/N-ethyl adjacent to an activating group) is 1. The van der Waals surface area contributed by atoms with Gasteiger partial charge in [0.25, 0.3) is 0 Å². The Labute approximate surface area is 116 Å². The lowest BCUT2D eigenvalue weighted by Crippen LogP contribution is -2.54. The molecule has 3 heteroatoms. The van der Waals surface area contributed by atoms with Crippen LogP contribution in [0.5, 0.6) is 0 Å². The Hall–Kier alpha value is -1.35. The second kappa shape index (κ2) is 6.71. The van der Waals surface area contributed by atoms with E-state index in [4.69, 9.17) is 0 Å². The Balaban J connectivity index is 2.03. The molecule has 0 aromatic heterocycles. The molecular weight excluding hydrogens is 236 g/mol. The normalized spacial score (nSPS) is 16.7. The quantitative estimate of drug-likeness (QED) is 0.849. The van der Waals surface area contributed by atoms with Crippen LogP contribution in [0.25, 0.3) is 0 Å². The highest BCUT2D eigenvalue weighted by Gasteiger charge is 2.31. The minimum atomic E-state index is 0.199. The fraction of sp³-hybridized carbons (Fsp3) is 0.562. The molecule has 0 aliphatic carbocycles. The van der Waals surface area contributed by atoms with Gasteiger partial charge >= 0.3 is 0 Å². The molecule has 1 aliphatic heterocycles. The largest absolute Gasteiger partial charge is 0.339 e. The van der Waals surface area contributed by atoms with Gasteiger partial charge in [0.1, 0.15) is 0 Å². The van der Waals surface area contributed by atoms with E-state index in [0.29, 0.717) is 11.9 Å². The number of hydrogen-bond acceptors (Lipinski definition) is 2. The summed E-state index contributed by atoms with van der Waals surface area (Å²) in [5.41, 5.74) is 1.31. The van der Waals surface area contributed by atoms with Gasteiger partial charge in [-0.05, 0) is 25.3 Å². The van der Waals surface area contributed by atoms with Gasteiger partial charge < -0.3 is 10.2 Å². The second-order valence-corrected chi connectivity index (χ2v) is 5.23. The van der Waals surface area contributed by atoms with Gasteiger partial charge in [0, 0.05) is 25.7 Å². The van der Waals surface area contributed by atoms with Crippen LogP contribution in [-0.4, -0.2) is 36.5 Å². The lowest BCUT2D eigenvalue weighted by atomic mass is 9.97. The zero-order valence-electron chi connectivity index (χ0n) is 11.9. The third-order valence-electron chi connectivity index (χ3n) is 3.98. The minimum absolute atomic E-state index is 0.199. The van der Waals surface area contributed by atoms with Crippen molar-refractivity contribution in [1.29, 1.82) is 0 Å². The molecule has 1 aliphatic rings. The monoisotopic (exact) mass is 260 g/mol. The van der Waals surface area contributed by atoms with Crippen molar-refractivity contribution in [2.75, 3.05) is 19.6 Å². The first-order valence-electron chi connectivity index (χ1n) is 7.31. The van der Waals surface area contributed by atoms with E-state index >= 15 is 0 Å².